The van der Waals surface area contributed by atoms with Gasteiger partial charge in [0.05, 0.1) is 6.10 Å². The third-order valence-corrected chi connectivity index (χ3v) is 4.28. The highest BCUT2D eigenvalue weighted by molar-refractivity contribution is 5.18. The summed E-state index contributed by atoms with van der Waals surface area (Å²) >= 11 is 0. The standard InChI is InChI=1S/C16H25NO/c1-3-17(15-11-7-8-12-15)13(2)16(18)14-9-5-4-6-10-14/h4-6,9-10,13,15-16,18H,3,7-8,11-12H2,1-2H3. The molecule has 1 saturated carbocycles. The van der Waals surface area contributed by atoms with E-state index in [4.69, 9.17) is 0 Å². The minimum Gasteiger partial charge on any atom is -0.387 e. The molecule has 1 aliphatic rings. The second-order valence-electron chi connectivity index (χ2n) is 5.36. The Hall–Kier alpha value is -0.860. The Morgan fingerprint density at radius 2 is 1.83 bits per heavy atom. The molecule has 2 unspecified atom stereocenters. The summed E-state index contributed by atoms with van der Waals surface area (Å²) in [6, 6.07) is 10.9. The molecule has 0 aliphatic heterocycles. The fraction of sp³-hybridized carbons (Fsp3) is 0.625. The van der Waals surface area contributed by atoms with E-state index in [1.807, 2.05) is 30.3 Å². The van der Waals surface area contributed by atoms with Crippen LogP contribution in [0.3, 0.4) is 0 Å². The molecular weight excluding hydrogens is 222 g/mol. The molecule has 2 heteroatoms. The largest absolute Gasteiger partial charge is 0.387 e. The summed E-state index contributed by atoms with van der Waals surface area (Å²) in [6.45, 7) is 5.38. The SMILES string of the molecule is CCN(C1CCCC1)C(C)C(O)c1ccccc1. The molecule has 0 aromatic heterocycles. The van der Waals surface area contributed by atoms with Gasteiger partial charge < -0.3 is 5.11 Å². The molecule has 0 amide bonds. The molecule has 0 heterocycles. The molecule has 1 fully saturated rings. The third-order valence-electron chi connectivity index (χ3n) is 4.28. The van der Waals surface area contributed by atoms with E-state index >= 15 is 0 Å². The summed E-state index contributed by atoms with van der Waals surface area (Å²) in [7, 11) is 0. The first-order valence-electron chi connectivity index (χ1n) is 7.22. The van der Waals surface area contributed by atoms with Crippen LogP contribution in [0.2, 0.25) is 0 Å². The predicted octanol–water partition coefficient (Wildman–Crippen LogP) is 3.37. The summed E-state index contributed by atoms with van der Waals surface area (Å²) in [6.07, 6.45) is 4.89. The van der Waals surface area contributed by atoms with Crippen molar-refractivity contribution < 1.29 is 5.11 Å². The molecule has 1 aromatic carbocycles. The number of aliphatic hydroxyl groups is 1. The molecule has 100 valence electrons. The zero-order valence-electron chi connectivity index (χ0n) is 11.5. The van der Waals surface area contributed by atoms with Gasteiger partial charge in [-0.05, 0) is 31.9 Å². The molecule has 18 heavy (non-hydrogen) atoms. The van der Waals surface area contributed by atoms with Crippen molar-refractivity contribution in [3.8, 4) is 0 Å². The van der Waals surface area contributed by atoms with Gasteiger partial charge in [-0.1, -0.05) is 50.1 Å². The number of hydrogen-bond acceptors (Lipinski definition) is 2. The summed E-state index contributed by atoms with van der Waals surface area (Å²) < 4.78 is 0. The summed E-state index contributed by atoms with van der Waals surface area (Å²) in [5.74, 6) is 0. The molecule has 0 spiro atoms. The zero-order chi connectivity index (χ0) is 13.0. The molecule has 0 radical (unpaired) electrons. The minimum absolute atomic E-state index is 0.195. The van der Waals surface area contributed by atoms with Crippen molar-refractivity contribution in [2.24, 2.45) is 0 Å². The number of nitrogens with zero attached hydrogens (tertiary/aromatic N) is 1. The molecule has 2 atom stereocenters. The maximum Gasteiger partial charge on any atom is 0.0942 e. The molecule has 0 bridgehead atoms. The summed E-state index contributed by atoms with van der Waals surface area (Å²) in [4.78, 5) is 2.48. The van der Waals surface area contributed by atoms with E-state index in [-0.39, 0.29) is 12.1 Å². The Kier molecular flexibility index (Phi) is 4.79. The van der Waals surface area contributed by atoms with Crippen LogP contribution < -0.4 is 0 Å². The van der Waals surface area contributed by atoms with Crippen molar-refractivity contribution in [2.45, 2.75) is 57.7 Å². The summed E-state index contributed by atoms with van der Waals surface area (Å²) in [5, 5.41) is 10.5. The van der Waals surface area contributed by atoms with Crippen molar-refractivity contribution in [1.82, 2.24) is 4.90 Å². The van der Waals surface area contributed by atoms with E-state index in [2.05, 4.69) is 18.7 Å². The van der Waals surface area contributed by atoms with Gasteiger partial charge in [0.2, 0.25) is 0 Å². The lowest BCUT2D eigenvalue weighted by Gasteiger charge is -2.36. The predicted molar refractivity (Wildman–Crippen MR) is 75.5 cm³/mol. The van der Waals surface area contributed by atoms with Gasteiger partial charge in [-0.15, -0.1) is 0 Å². The number of benzene rings is 1. The fourth-order valence-corrected chi connectivity index (χ4v) is 3.22. The van der Waals surface area contributed by atoms with Crippen molar-refractivity contribution in [1.29, 1.82) is 0 Å². The Balaban J connectivity index is 2.06. The van der Waals surface area contributed by atoms with Crippen LogP contribution in [0.5, 0.6) is 0 Å². The van der Waals surface area contributed by atoms with E-state index in [1.165, 1.54) is 25.7 Å². The Bertz CT molecular complexity index is 345. The molecular formula is C16H25NO. The van der Waals surface area contributed by atoms with Gasteiger partial charge in [-0.3, -0.25) is 4.90 Å². The van der Waals surface area contributed by atoms with Crippen LogP contribution in [0.15, 0.2) is 30.3 Å². The van der Waals surface area contributed by atoms with Crippen molar-refractivity contribution in [3.63, 3.8) is 0 Å². The van der Waals surface area contributed by atoms with Gasteiger partial charge in [0.1, 0.15) is 0 Å². The monoisotopic (exact) mass is 247 g/mol. The maximum absolute atomic E-state index is 10.5. The molecule has 2 rings (SSSR count). The molecule has 1 aromatic rings. The van der Waals surface area contributed by atoms with Crippen molar-refractivity contribution in [3.05, 3.63) is 35.9 Å². The van der Waals surface area contributed by atoms with E-state index in [0.29, 0.717) is 6.04 Å². The Morgan fingerprint density at radius 1 is 1.22 bits per heavy atom. The van der Waals surface area contributed by atoms with Gasteiger partial charge in [-0.25, -0.2) is 0 Å². The number of hydrogen-bond donors (Lipinski definition) is 1. The van der Waals surface area contributed by atoms with Crippen molar-refractivity contribution >= 4 is 0 Å². The molecule has 1 aliphatic carbocycles. The van der Waals surface area contributed by atoms with Gasteiger partial charge in [0.25, 0.3) is 0 Å². The van der Waals surface area contributed by atoms with Gasteiger partial charge in [0.15, 0.2) is 0 Å². The average molecular weight is 247 g/mol. The maximum atomic E-state index is 10.5. The second-order valence-corrected chi connectivity index (χ2v) is 5.36. The van der Waals surface area contributed by atoms with E-state index in [0.717, 1.165) is 12.1 Å². The molecule has 0 saturated heterocycles. The van der Waals surface area contributed by atoms with Crippen LogP contribution >= 0.6 is 0 Å². The highest BCUT2D eigenvalue weighted by Gasteiger charge is 2.29. The first kappa shape index (κ1) is 13.6. The smallest absolute Gasteiger partial charge is 0.0942 e. The second kappa shape index (κ2) is 6.35. The van der Waals surface area contributed by atoms with E-state index in [1.54, 1.807) is 0 Å². The van der Waals surface area contributed by atoms with Gasteiger partial charge in [-0.2, -0.15) is 0 Å². The first-order chi connectivity index (χ1) is 8.74. The van der Waals surface area contributed by atoms with Crippen LogP contribution in [0, 0.1) is 0 Å². The summed E-state index contributed by atoms with van der Waals surface area (Å²) in [5.41, 5.74) is 1.03. The average Bonchev–Trinajstić information content (AvgIpc) is 2.93. The lowest BCUT2D eigenvalue weighted by molar-refractivity contribution is 0.0365. The topological polar surface area (TPSA) is 23.5 Å². The fourth-order valence-electron chi connectivity index (χ4n) is 3.22. The number of rotatable bonds is 5. The highest BCUT2D eigenvalue weighted by Crippen LogP contribution is 2.29. The normalized spacial score (nSPS) is 20.2. The van der Waals surface area contributed by atoms with Crippen LogP contribution in [-0.4, -0.2) is 28.6 Å². The number of likely N-dealkylation sites (N-methyl/N-ethyl adjacent to an activating group) is 1. The third kappa shape index (κ3) is 2.93. The van der Waals surface area contributed by atoms with Crippen LogP contribution in [0.4, 0.5) is 0 Å². The van der Waals surface area contributed by atoms with E-state index in [9.17, 15) is 5.11 Å². The lowest BCUT2D eigenvalue weighted by atomic mass is 10.0. The highest BCUT2D eigenvalue weighted by atomic mass is 16.3. The number of aliphatic hydroxyl groups excluding tert-OH is 1. The van der Waals surface area contributed by atoms with Crippen LogP contribution in [-0.2, 0) is 0 Å². The zero-order valence-corrected chi connectivity index (χ0v) is 11.5. The molecule has 1 N–H and O–H groups in total. The van der Waals surface area contributed by atoms with Gasteiger partial charge in [0, 0.05) is 12.1 Å². The van der Waals surface area contributed by atoms with Gasteiger partial charge >= 0.3 is 0 Å². The first-order valence-corrected chi connectivity index (χ1v) is 7.22. The quantitative estimate of drug-likeness (QED) is 0.862. The van der Waals surface area contributed by atoms with Crippen molar-refractivity contribution in [2.75, 3.05) is 6.54 Å². The molecule has 2 nitrogen and oxygen atoms in total. The van der Waals surface area contributed by atoms with Crippen LogP contribution in [0.25, 0.3) is 0 Å². The lowest BCUT2D eigenvalue weighted by Crippen LogP contribution is -2.43. The van der Waals surface area contributed by atoms with Crippen LogP contribution in [0.1, 0.15) is 51.2 Å². The van der Waals surface area contributed by atoms with E-state index < -0.39 is 0 Å². The Morgan fingerprint density at radius 3 is 2.39 bits per heavy atom. The Labute approximate surface area is 111 Å². The minimum atomic E-state index is -0.383.